The summed E-state index contributed by atoms with van der Waals surface area (Å²) in [5, 5.41) is 7.15. The zero-order valence-corrected chi connectivity index (χ0v) is 8.79. The van der Waals surface area contributed by atoms with Crippen LogP contribution in [0, 0.1) is 0 Å². The molecule has 2 rings (SSSR count). The van der Waals surface area contributed by atoms with Crippen molar-refractivity contribution in [3.8, 4) is 5.13 Å². The molecule has 0 radical (unpaired) electrons. The normalized spacial score (nSPS) is 10.7. The van der Waals surface area contributed by atoms with Crippen LogP contribution in [0.2, 0.25) is 0 Å². The molecule has 0 spiro atoms. The van der Waals surface area contributed by atoms with Crippen LogP contribution in [0.5, 0.6) is 0 Å². The van der Waals surface area contributed by atoms with Crippen molar-refractivity contribution in [2.45, 2.75) is 19.9 Å². The van der Waals surface area contributed by atoms with Gasteiger partial charge in [0, 0.05) is 23.7 Å². The quantitative estimate of drug-likeness (QED) is 0.828. The Labute approximate surface area is 86.4 Å². The van der Waals surface area contributed by atoms with E-state index in [0.29, 0.717) is 6.54 Å². The SMILES string of the molecule is CCc1csc(-n2cc(CN)cn2)n1. The van der Waals surface area contributed by atoms with Crippen molar-refractivity contribution in [3.63, 3.8) is 0 Å². The number of thiazole rings is 1. The second-order valence-electron chi connectivity index (χ2n) is 2.97. The molecular formula is C9H12N4S. The average Bonchev–Trinajstić information content (AvgIpc) is 2.86. The molecule has 0 saturated heterocycles. The molecule has 0 amide bonds. The van der Waals surface area contributed by atoms with E-state index in [4.69, 9.17) is 5.73 Å². The molecule has 0 aliphatic heterocycles. The highest BCUT2D eigenvalue weighted by atomic mass is 32.1. The summed E-state index contributed by atoms with van der Waals surface area (Å²) < 4.78 is 1.77. The Kier molecular flexibility index (Phi) is 2.60. The van der Waals surface area contributed by atoms with E-state index in [2.05, 4.69) is 22.4 Å². The van der Waals surface area contributed by atoms with Crippen LogP contribution in [0.25, 0.3) is 5.13 Å². The predicted octanol–water partition coefficient (Wildman–Crippen LogP) is 1.35. The number of nitrogens with two attached hydrogens (primary N) is 1. The lowest BCUT2D eigenvalue weighted by molar-refractivity contribution is 0.858. The van der Waals surface area contributed by atoms with E-state index in [-0.39, 0.29) is 0 Å². The number of aryl methyl sites for hydroxylation is 1. The van der Waals surface area contributed by atoms with Crippen molar-refractivity contribution in [1.82, 2.24) is 14.8 Å². The Morgan fingerprint density at radius 2 is 2.43 bits per heavy atom. The van der Waals surface area contributed by atoms with Gasteiger partial charge in [0.1, 0.15) is 0 Å². The van der Waals surface area contributed by atoms with Gasteiger partial charge in [-0.25, -0.2) is 9.67 Å². The van der Waals surface area contributed by atoms with Gasteiger partial charge in [0.15, 0.2) is 0 Å². The predicted molar refractivity (Wildman–Crippen MR) is 56.5 cm³/mol. The molecule has 0 atom stereocenters. The van der Waals surface area contributed by atoms with Crippen LogP contribution in [-0.4, -0.2) is 14.8 Å². The first kappa shape index (κ1) is 9.36. The van der Waals surface area contributed by atoms with E-state index in [1.807, 2.05) is 6.20 Å². The molecule has 2 aromatic rings. The lowest BCUT2D eigenvalue weighted by atomic mass is 10.4. The Balaban J connectivity index is 2.29. The molecule has 2 N–H and O–H groups in total. The topological polar surface area (TPSA) is 56.7 Å². The van der Waals surface area contributed by atoms with Crippen LogP contribution < -0.4 is 5.73 Å². The van der Waals surface area contributed by atoms with Crippen molar-refractivity contribution < 1.29 is 0 Å². The highest BCUT2D eigenvalue weighted by Crippen LogP contribution is 2.14. The molecule has 0 aromatic carbocycles. The first-order valence-corrected chi connectivity index (χ1v) is 5.40. The van der Waals surface area contributed by atoms with Gasteiger partial charge in [-0.05, 0) is 6.42 Å². The smallest absolute Gasteiger partial charge is 0.210 e. The summed E-state index contributed by atoms with van der Waals surface area (Å²) in [7, 11) is 0. The summed E-state index contributed by atoms with van der Waals surface area (Å²) in [4.78, 5) is 4.42. The molecule has 0 aliphatic rings. The first-order chi connectivity index (χ1) is 6.83. The summed E-state index contributed by atoms with van der Waals surface area (Å²) in [6, 6.07) is 0. The Bertz CT molecular complexity index is 378. The molecule has 14 heavy (non-hydrogen) atoms. The maximum Gasteiger partial charge on any atom is 0.210 e. The van der Waals surface area contributed by atoms with Crippen LogP contribution in [0.3, 0.4) is 0 Å². The Morgan fingerprint density at radius 3 is 3.00 bits per heavy atom. The summed E-state index contributed by atoms with van der Waals surface area (Å²) in [6.45, 7) is 2.61. The Morgan fingerprint density at radius 1 is 1.57 bits per heavy atom. The van der Waals surface area contributed by atoms with Crippen molar-refractivity contribution >= 4 is 11.3 Å². The van der Waals surface area contributed by atoms with Crippen molar-refractivity contribution in [1.29, 1.82) is 0 Å². The molecule has 0 bridgehead atoms. The third kappa shape index (κ3) is 1.69. The van der Waals surface area contributed by atoms with Gasteiger partial charge in [-0.2, -0.15) is 5.10 Å². The lowest BCUT2D eigenvalue weighted by Crippen LogP contribution is -1.95. The van der Waals surface area contributed by atoms with Gasteiger partial charge in [-0.15, -0.1) is 11.3 Å². The van der Waals surface area contributed by atoms with Gasteiger partial charge in [0.2, 0.25) is 5.13 Å². The first-order valence-electron chi connectivity index (χ1n) is 4.52. The minimum atomic E-state index is 0.520. The van der Waals surface area contributed by atoms with E-state index in [1.54, 1.807) is 22.2 Å². The van der Waals surface area contributed by atoms with E-state index in [9.17, 15) is 0 Å². The second-order valence-corrected chi connectivity index (χ2v) is 3.81. The average molecular weight is 208 g/mol. The van der Waals surface area contributed by atoms with Crippen LogP contribution in [-0.2, 0) is 13.0 Å². The van der Waals surface area contributed by atoms with Crippen LogP contribution in [0.4, 0.5) is 0 Å². The molecule has 74 valence electrons. The third-order valence-corrected chi connectivity index (χ3v) is 2.85. The lowest BCUT2D eigenvalue weighted by Gasteiger charge is -1.92. The molecule has 0 unspecified atom stereocenters. The van der Waals surface area contributed by atoms with Crippen molar-refractivity contribution in [3.05, 3.63) is 29.0 Å². The fraction of sp³-hybridized carbons (Fsp3) is 0.333. The maximum atomic E-state index is 5.50. The van der Waals surface area contributed by atoms with Crippen molar-refractivity contribution in [2.24, 2.45) is 5.73 Å². The molecule has 0 saturated carbocycles. The minimum Gasteiger partial charge on any atom is -0.326 e. The second kappa shape index (κ2) is 3.89. The summed E-state index contributed by atoms with van der Waals surface area (Å²) in [5.74, 6) is 0. The number of hydrogen-bond acceptors (Lipinski definition) is 4. The van der Waals surface area contributed by atoms with Crippen LogP contribution in [0.1, 0.15) is 18.2 Å². The van der Waals surface area contributed by atoms with Gasteiger partial charge < -0.3 is 5.73 Å². The highest BCUT2D eigenvalue weighted by molar-refractivity contribution is 7.12. The van der Waals surface area contributed by atoms with Gasteiger partial charge in [0.25, 0.3) is 0 Å². The molecule has 2 aromatic heterocycles. The zero-order valence-electron chi connectivity index (χ0n) is 7.97. The fourth-order valence-electron chi connectivity index (χ4n) is 1.13. The summed E-state index contributed by atoms with van der Waals surface area (Å²) in [5.41, 5.74) is 7.63. The number of aromatic nitrogens is 3. The standard InChI is InChI=1S/C9H12N4S/c1-2-8-6-14-9(12-8)13-5-7(3-10)4-11-13/h4-6H,2-3,10H2,1H3. The van der Waals surface area contributed by atoms with Crippen LogP contribution >= 0.6 is 11.3 Å². The van der Waals surface area contributed by atoms with Crippen molar-refractivity contribution in [2.75, 3.05) is 0 Å². The number of nitrogens with zero attached hydrogens (tertiary/aromatic N) is 3. The summed E-state index contributed by atoms with van der Waals surface area (Å²) in [6.07, 6.45) is 4.65. The van der Waals surface area contributed by atoms with E-state index in [0.717, 1.165) is 22.8 Å². The van der Waals surface area contributed by atoms with Gasteiger partial charge in [-0.3, -0.25) is 0 Å². The molecule has 0 fully saturated rings. The minimum absolute atomic E-state index is 0.520. The number of hydrogen-bond donors (Lipinski definition) is 1. The molecule has 5 heteroatoms. The molecule has 0 aliphatic carbocycles. The highest BCUT2D eigenvalue weighted by Gasteiger charge is 2.04. The fourth-order valence-corrected chi connectivity index (χ4v) is 1.97. The Hall–Kier alpha value is -1.20. The van der Waals surface area contributed by atoms with Gasteiger partial charge in [-0.1, -0.05) is 6.92 Å². The van der Waals surface area contributed by atoms with E-state index < -0.39 is 0 Å². The zero-order chi connectivity index (χ0) is 9.97. The maximum absolute atomic E-state index is 5.50. The van der Waals surface area contributed by atoms with Gasteiger partial charge in [0.05, 0.1) is 11.9 Å². The number of rotatable bonds is 3. The third-order valence-electron chi connectivity index (χ3n) is 1.97. The molecule has 4 nitrogen and oxygen atoms in total. The molecule has 2 heterocycles. The molecular weight excluding hydrogens is 196 g/mol. The largest absolute Gasteiger partial charge is 0.326 e. The van der Waals surface area contributed by atoms with E-state index >= 15 is 0 Å². The van der Waals surface area contributed by atoms with Gasteiger partial charge >= 0.3 is 0 Å². The van der Waals surface area contributed by atoms with Crippen LogP contribution in [0.15, 0.2) is 17.8 Å². The summed E-state index contributed by atoms with van der Waals surface area (Å²) >= 11 is 1.60. The monoisotopic (exact) mass is 208 g/mol. The van der Waals surface area contributed by atoms with E-state index in [1.165, 1.54) is 0 Å².